The monoisotopic (exact) mass is 224 g/mol. The van der Waals surface area contributed by atoms with Crippen LogP contribution >= 0.6 is 11.8 Å². The fourth-order valence-electron chi connectivity index (χ4n) is 1.96. The van der Waals surface area contributed by atoms with Crippen LogP contribution in [-0.2, 0) is 5.75 Å². The molecule has 1 fully saturated rings. The molecule has 15 heavy (non-hydrogen) atoms. The maximum absolute atomic E-state index is 11.2. The minimum atomic E-state index is -0.0375. The van der Waals surface area contributed by atoms with E-state index in [1.807, 2.05) is 18.7 Å². The van der Waals surface area contributed by atoms with Crippen LogP contribution in [0.15, 0.2) is 10.9 Å². The van der Waals surface area contributed by atoms with Gasteiger partial charge in [0.05, 0.1) is 5.75 Å². The summed E-state index contributed by atoms with van der Waals surface area (Å²) >= 11 is 1.92. The normalized spacial score (nSPS) is 17.1. The summed E-state index contributed by atoms with van der Waals surface area (Å²) < 4.78 is 0. The Morgan fingerprint density at radius 1 is 1.53 bits per heavy atom. The topological polar surface area (TPSA) is 45.8 Å². The van der Waals surface area contributed by atoms with Gasteiger partial charge in [0.2, 0.25) is 0 Å². The molecule has 0 aliphatic heterocycles. The van der Waals surface area contributed by atoms with Crippen LogP contribution in [0.5, 0.6) is 0 Å². The van der Waals surface area contributed by atoms with Crippen molar-refractivity contribution in [2.24, 2.45) is 0 Å². The van der Waals surface area contributed by atoms with Gasteiger partial charge in [0.1, 0.15) is 5.82 Å². The van der Waals surface area contributed by atoms with Crippen molar-refractivity contribution in [3.05, 3.63) is 27.9 Å². The molecule has 0 radical (unpaired) electrons. The first-order chi connectivity index (χ1) is 7.24. The van der Waals surface area contributed by atoms with Crippen molar-refractivity contribution in [3.8, 4) is 0 Å². The number of nitrogens with zero attached hydrogens (tertiary/aromatic N) is 1. The number of aromatic nitrogens is 2. The molecule has 0 spiro atoms. The first kappa shape index (κ1) is 10.7. The number of aryl methyl sites for hydroxylation is 1. The molecule has 0 amide bonds. The van der Waals surface area contributed by atoms with Crippen LogP contribution in [0.25, 0.3) is 0 Å². The molecule has 4 heteroatoms. The van der Waals surface area contributed by atoms with Crippen molar-refractivity contribution in [3.63, 3.8) is 0 Å². The number of hydrogen-bond acceptors (Lipinski definition) is 3. The number of rotatable bonds is 3. The summed E-state index contributed by atoms with van der Waals surface area (Å²) in [5.74, 6) is 1.65. The summed E-state index contributed by atoms with van der Waals surface area (Å²) in [7, 11) is 0. The highest BCUT2D eigenvalue weighted by atomic mass is 32.2. The van der Waals surface area contributed by atoms with E-state index < -0.39 is 0 Å². The van der Waals surface area contributed by atoms with Crippen LogP contribution in [0.2, 0.25) is 0 Å². The van der Waals surface area contributed by atoms with E-state index in [2.05, 4.69) is 9.97 Å². The second kappa shape index (κ2) is 4.84. The maximum Gasteiger partial charge on any atom is 0.251 e. The van der Waals surface area contributed by atoms with E-state index in [9.17, 15) is 4.79 Å². The van der Waals surface area contributed by atoms with Crippen molar-refractivity contribution >= 4 is 11.8 Å². The van der Waals surface area contributed by atoms with Gasteiger partial charge in [0.15, 0.2) is 0 Å². The molecule has 0 bridgehead atoms. The third kappa shape index (κ3) is 3.09. The van der Waals surface area contributed by atoms with Gasteiger partial charge in [0, 0.05) is 17.0 Å². The molecule has 3 nitrogen and oxygen atoms in total. The Morgan fingerprint density at radius 3 is 2.93 bits per heavy atom. The molecule has 0 saturated heterocycles. The van der Waals surface area contributed by atoms with Crippen molar-refractivity contribution in [1.29, 1.82) is 0 Å². The lowest BCUT2D eigenvalue weighted by Crippen LogP contribution is -2.11. The van der Waals surface area contributed by atoms with Crippen LogP contribution < -0.4 is 5.56 Å². The molecule has 0 atom stereocenters. The highest BCUT2D eigenvalue weighted by Crippen LogP contribution is 2.30. The quantitative estimate of drug-likeness (QED) is 0.856. The summed E-state index contributed by atoms with van der Waals surface area (Å²) in [4.78, 5) is 18.3. The molecular formula is C11H16N2OS. The van der Waals surface area contributed by atoms with Crippen LogP contribution in [0.4, 0.5) is 0 Å². The van der Waals surface area contributed by atoms with Crippen LogP contribution in [0, 0.1) is 6.92 Å². The summed E-state index contributed by atoms with van der Waals surface area (Å²) in [6.07, 6.45) is 5.35. The summed E-state index contributed by atoms with van der Waals surface area (Å²) in [6, 6.07) is 1.53. The highest BCUT2D eigenvalue weighted by Gasteiger charge is 2.15. The zero-order valence-electron chi connectivity index (χ0n) is 8.95. The number of aromatic amines is 1. The summed E-state index contributed by atoms with van der Waals surface area (Å²) in [5, 5.41) is 0.774. The average molecular weight is 224 g/mol. The van der Waals surface area contributed by atoms with Crippen molar-refractivity contribution in [2.75, 3.05) is 0 Å². The number of nitrogens with one attached hydrogen (secondary N) is 1. The van der Waals surface area contributed by atoms with Gasteiger partial charge in [-0.1, -0.05) is 12.8 Å². The zero-order chi connectivity index (χ0) is 10.7. The van der Waals surface area contributed by atoms with E-state index in [0.717, 1.165) is 22.5 Å². The minimum absolute atomic E-state index is 0.0375. The molecule has 1 aromatic rings. The Labute approximate surface area is 93.7 Å². The third-order valence-corrected chi connectivity index (χ3v) is 4.06. The number of hydrogen-bond donors (Lipinski definition) is 1. The molecule has 82 valence electrons. The highest BCUT2D eigenvalue weighted by molar-refractivity contribution is 7.99. The Hall–Kier alpha value is -0.770. The fourth-order valence-corrected chi connectivity index (χ4v) is 3.16. The van der Waals surface area contributed by atoms with Gasteiger partial charge in [-0.15, -0.1) is 0 Å². The third-order valence-electron chi connectivity index (χ3n) is 2.68. The molecular weight excluding hydrogens is 208 g/mol. The van der Waals surface area contributed by atoms with E-state index in [1.165, 1.54) is 31.7 Å². The van der Waals surface area contributed by atoms with E-state index >= 15 is 0 Å². The fraction of sp³-hybridized carbons (Fsp3) is 0.636. The van der Waals surface area contributed by atoms with E-state index in [0.29, 0.717) is 0 Å². The molecule has 1 aromatic heterocycles. The molecule has 1 saturated carbocycles. The maximum atomic E-state index is 11.2. The lowest BCUT2D eigenvalue weighted by molar-refractivity contribution is 0.886. The molecule has 1 heterocycles. The van der Waals surface area contributed by atoms with Crippen LogP contribution in [0.1, 0.15) is 37.2 Å². The van der Waals surface area contributed by atoms with Gasteiger partial charge in [-0.25, -0.2) is 4.98 Å². The van der Waals surface area contributed by atoms with E-state index in [-0.39, 0.29) is 5.56 Å². The molecule has 1 aliphatic rings. The first-order valence-corrected chi connectivity index (χ1v) is 6.47. The first-order valence-electron chi connectivity index (χ1n) is 5.42. The van der Waals surface area contributed by atoms with Gasteiger partial charge in [0.25, 0.3) is 5.56 Å². The van der Waals surface area contributed by atoms with E-state index in [1.54, 1.807) is 0 Å². The Kier molecular flexibility index (Phi) is 3.46. The largest absolute Gasteiger partial charge is 0.310 e. The SMILES string of the molecule is Cc1cc(=O)[nH]c(CSC2CCCC2)n1. The Morgan fingerprint density at radius 2 is 2.27 bits per heavy atom. The summed E-state index contributed by atoms with van der Waals surface area (Å²) in [6.45, 7) is 1.86. The predicted octanol–water partition coefficient (Wildman–Crippen LogP) is 2.25. The zero-order valence-corrected chi connectivity index (χ0v) is 9.77. The smallest absolute Gasteiger partial charge is 0.251 e. The van der Waals surface area contributed by atoms with Gasteiger partial charge in [-0.2, -0.15) is 11.8 Å². The number of thioether (sulfide) groups is 1. The standard InChI is InChI=1S/C11H16N2OS/c1-8-6-11(14)13-10(12-8)7-15-9-4-2-3-5-9/h6,9H,2-5,7H2,1H3,(H,12,13,14). The van der Waals surface area contributed by atoms with Crippen molar-refractivity contribution < 1.29 is 0 Å². The number of H-pyrrole nitrogens is 1. The van der Waals surface area contributed by atoms with Crippen LogP contribution in [0.3, 0.4) is 0 Å². The molecule has 1 N–H and O–H groups in total. The second-order valence-corrected chi connectivity index (χ2v) is 5.34. The molecule has 0 unspecified atom stereocenters. The lowest BCUT2D eigenvalue weighted by Gasteiger charge is -2.07. The van der Waals surface area contributed by atoms with Gasteiger partial charge in [-0.05, 0) is 19.8 Å². The minimum Gasteiger partial charge on any atom is -0.310 e. The molecule has 1 aliphatic carbocycles. The Bertz CT molecular complexity index is 382. The van der Waals surface area contributed by atoms with Gasteiger partial charge in [-0.3, -0.25) is 4.79 Å². The lowest BCUT2D eigenvalue weighted by atomic mass is 10.4. The summed E-state index contributed by atoms with van der Waals surface area (Å²) in [5.41, 5.74) is 0.769. The van der Waals surface area contributed by atoms with Gasteiger partial charge < -0.3 is 4.98 Å². The molecule has 0 aromatic carbocycles. The second-order valence-electron chi connectivity index (χ2n) is 4.05. The Balaban J connectivity index is 1.95. The average Bonchev–Trinajstić information content (AvgIpc) is 2.65. The molecule has 2 rings (SSSR count). The van der Waals surface area contributed by atoms with Gasteiger partial charge >= 0.3 is 0 Å². The van der Waals surface area contributed by atoms with Crippen LogP contribution in [-0.4, -0.2) is 15.2 Å². The van der Waals surface area contributed by atoms with Crippen molar-refractivity contribution in [1.82, 2.24) is 9.97 Å². The van der Waals surface area contributed by atoms with E-state index in [4.69, 9.17) is 0 Å². The predicted molar refractivity (Wildman–Crippen MR) is 63.1 cm³/mol. The van der Waals surface area contributed by atoms with Crippen molar-refractivity contribution in [2.45, 2.75) is 43.6 Å².